The van der Waals surface area contributed by atoms with E-state index >= 15 is 0 Å². The highest BCUT2D eigenvalue weighted by atomic mass is 35.5. The van der Waals surface area contributed by atoms with E-state index in [1.807, 2.05) is 32.1 Å². The molecule has 0 aliphatic rings. The molecule has 0 saturated heterocycles. The first kappa shape index (κ1) is 15.9. The number of phenols is 2. The largest absolute Gasteiger partial charge is 0.509 e. The van der Waals surface area contributed by atoms with Gasteiger partial charge in [0.2, 0.25) is 5.28 Å². The zero-order valence-corrected chi connectivity index (χ0v) is 14.6. The first-order valence-corrected chi connectivity index (χ1v) is 8.14. The topological polar surface area (TPSA) is 79.4 Å². The van der Waals surface area contributed by atoms with Crippen LogP contribution < -0.4 is 16.4 Å². The van der Waals surface area contributed by atoms with Gasteiger partial charge in [0, 0.05) is 10.9 Å². The first-order valence-electron chi connectivity index (χ1n) is 7.77. The van der Waals surface area contributed by atoms with Crippen LogP contribution in [0.15, 0.2) is 28.7 Å². The summed E-state index contributed by atoms with van der Waals surface area (Å²) < 4.78 is 5.96. The van der Waals surface area contributed by atoms with Crippen molar-refractivity contribution in [2.45, 2.75) is 0 Å². The fourth-order valence-electron chi connectivity index (χ4n) is 3.15. The Kier molecular flexibility index (Phi) is 3.47. The third kappa shape index (κ3) is 2.21. The van der Waals surface area contributed by atoms with Crippen molar-refractivity contribution in [2.24, 2.45) is 0 Å². The molecule has 120 valence electrons. The van der Waals surface area contributed by atoms with E-state index in [1.165, 1.54) is 0 Å². The average molecular weight is 348 g/mol. The van der Waals surface area contributed by atoms with Gasteiger partial charge in [0.05, 0.1) is 0 Å². The Labute approximate surface area is 150 Å². The van der Waals surface area contributed by atoms with E-state index in [0.29, 0.717) is 44.3 Å². The van der Waals surface area contributed by atoms with Crippen molar-refractivity contribution in [2.75, 3.05) is 0 Å². The van der Waals surface area contributed by atoms with Gasteiger partial charge in [-0.05, 0) is 29.2 Å². The monoisotopic (exact) mass is 348 g/mol. The summed E-state index contributed by atoms with van der Waals surface area (Å²) in [6.07, 6.45) is 0. The number of aromatic nitrogens is 2. The molecule has 0 fully saturated rings. The zero-order chi connectivity index (χ0) is 17.9. The van der Waals surface area contributed by atoms with Crippen LogP contribution in [0.3, 0.4) is 0 Å². The molecular weight excluding hydrogens is 336 g/mol. The Morgan fingerprint density at radius 1 is 0.920 bits per heavy atom. The number of furan rings is 1. The van der Waals surface area contributed by atoms with Gasteiger partial charge in [0.25, 0.3) is 0 Å². The minimum atomic E-state index is -0.0443. The molecule has 0 saturated carbocycles. The number of fused-ring (bicyclic) bond motifs is 3. The van der Waals surface area contributed by atoms with Crippen LogP contribution in [0.4, 0.5) is 0 Å². The summed E-state index contributed by atoms with van der Waals surface area (Å²) in [4.78, 5) is 8.62. The molecule has 2 heterocycles. The van der Waals surface area contributed by atoms with Crippen LogP contribution in [0.5, 0.6) is 11.5 Å². The molecule has 0 spiro atoms. The predicted molar refractivity (Wildman–Crippen MR) is 108 cm³/mol. The first-order chi connectivity index (χ1) is 11.9. The number of para-hydroxylation sites is 1. The molecule has 0 aliphatic heterocycles. The number of nitrogens with zero attached hydrogens (tertiary/aromatic N) is 2. The number of benzene rings is 2. The molecule has 0 radical (unpaired) electrons. The van der Waals surface area contributed by atoms with Crippen molar-refractivity contribution in [3.8, 4) is 22.8 Å². The summed E-state index contributed by atoms with van der Waals surface area (Å²) >= 11 is 6.15. The van der Waals surface area contributed by atoms with Crippen LogP contribution in [0, 0.1) is 0 Å². The molecule has 5 nitrogen and oxygen atoms in total. The van der Waals surface area contributed by atoms with Crippen LogP contribution in [0.2, 0.25) is 5.28 Å². The zero-order valence-electron chi connectivity index (χ0n) is 13.9. The molecule has 2 aromatic heterocycles. The second-order valence-electron chi connectivity index (χ2n) is 6.06. The third-order valence-electron chi connectivity index (χ3n) is 4.67. The van der Waals surface area contributed by atoms with E-state index in [4.69, 9.17) is 16.0 Å². The van der Waals surface area contributed by atoms with Crippen molar-refractivity contribution in [3.05, 3.63) is 29.5 Å². The number of aromatic hydroxyl groups is 2. The van der Waals surface area contributed by atoms with Crippen molar-refractivity contribution >= 4 is 73.6 Å². The van der Waals surface area contributed by atoms with E-state index in [2.05, 4.69) is 9.97 Å². The minimum absolute atomic E-state index is 0.0443. The average Bonchev–Trinajstić information content (AvgIpc) is 2.97. The maximum absolute atomic E-state index is 10.7. The molecule has 0 unspecified atom stereocenters. The Bertz CT molecular complexity index is 1150. The van der Waals surface area contributed by atoms with Gasteiger partial charge < -0.3 is 14.6 Å². The lowest BCUT2D eigenvalue weighted by Gasteiger charge is -2.16. The minimum Gasteiger partial charge on any atom is -0.509 e. The summed E-state index contributed by atoms with van der Waals surface area (Å²) in [5.41, 5.74) is 4.37. The highest BCUT2D eigenvalue weighted by molar-refractivity contribution is 6.55. The second-order valence-corrected chi connectivity index (χ2v) is 6.40. The van der Waals surface area contributed by atoms with Crippen LogP contribution >= 0.6 is 11.6 Å². The van der Waals surface area contributed by atoms with Crippen LogP contribution in [0.25, 0.3) is 33.3 Å². The molecule has 0 bridgehead atoms. The number of halogens is 1. The van der Waals surface area contributed by atoms with Gasteiger partial charge in [0.15, 0.2) is 5.58 Å². The van der Waals surface area contributed by atoms with E-state index in [-0.39, 0.29) is 16.8 Å². The van der Waals surface area contributed by atoms with Gasteiger partial charge in [-0.1, -0.05) is 23.1 Å². The molecule has 0 amide bonds. The van der Waals surface area contributed by atoms with Crippen LogP contribution in [0.1, 0.15) is 0 Å². The standard InChI is InChI=1S/C16H12B3ClN2O3/c17-8-7(13(23)10(19)14(24)9(8)18)12-15-11(21-16(20)22-12)5-3-1-2-4-6(5)25-15/h1-4,23-24H,17-19H2. The summed E-state index contributed by atoms with van der Waals surface area (Å²) in [5.74, 6) is 0.0249. The molecule has 0 aliphatic carbocycles. The summed E-state index contributed by atoms with van der Waals surface area (Å²) in [6, 6.07) is 7.50. The maximum Gasteiger partial charge on any atom is 0.223 e. The number of rotatable bonds is 1. The second kappa shape index (κ2) is 5.46. The fourth-order valence-corrected chi connectivity index (χ4v) is 3.32. The van der Waals surface area contributed by atoms with Gasteiger partial charge in [-0.3, -0.25) is 0 Å². The molecule has 9 heteroatoms. The third-order valence-corrected chi connectivity index (χ3v) is 4.84. The number of hydrogen-bond donors (Lipinski definition) is 2. The fraction of sp³-hybridized carbons (Fsp3) is 0. The summed E-state index contributed by atoms with van der Waals surface area (Å²) in [5, 5.41) is 21.7. The molecular formula is C16H12B3ClN2O3. The van der Waals surface area contributed by atoms with Crippen molar-refractivity contribution < 1.29 is 14.6 Å². The number of hydrogen-bond acceptors (Lipinski definition) is 5. The van der Waals surface area contributed by atoms with Crippen molar-refractivity contribution in [1.82, 2.24) is 9.97 Å². The van der Waals surface area contributed by atoms with E-state index in [0.717, 1.165) is 5.39 Å². The normalized spacial score (nSPS) is 11.4. The highest BCUT2D eigenvalue weighted by Crippen LogP contribution is 2.36. The lowest BCUT2D eigenvalue weighted by atomic mass is 9.72. The molecule has 4 aromatic rings. The van der Waals surface area contributed by atoms with Crippen molar-refractivity contribution in [1.29, 1.82) is 0 Å². The highest BCUT2D eigenvalue weighted by Gasteiger charge is 2.23. The van der Waals surface area contributed by atoms with Gasteiger partial charge in [-0.25, -0.2) is 9.97 Å². The summed E-state index contributed by atoms with van der Waals surface area (Å²) in [7, 11) is 5.26. The Hall–Kier alpha value is -2.60. The SMILES string of the molecule is Bc1c(B)c(-c2nc(Cl)nc3c2oc2ccccc23)c(O)c(B)c1O. The van der Waals surface area contributed by atoms with Gasteiger partial charge in [-0.2, -0.15) is 0 Å². The van der Waals surface area contributed by atoms with E-state index in [9.17, 15) is 10.2 Å². The van der Waals surface area contributed by atoms with Gasteiger partial charge in [-0.15, -0.1) is 0 Å². The smallest absolute Gasteiger partial charge is 0.223 e. The molecule has 2 N–H and O–H groups in total. The van der Waals surface area contributed by atoms with Crippen LogP contribution in [-0.2, 0) is 0 Å². The lowest BCUT2D eigenvalue weighted by molar-refractivity contribution is 0.463. The van der Waals surface area contributed by atoms with E-state index in [1.54, 1.807) is 15.7 Å². The van der Waals surface area contributed by atoms with Gasteiger partial charge in [0.1, 0.15) is 51.8 Å². The molecule has 0 atom stereocenters. The quantitative estimate of drug-likeness (QED) is 0.337. The number of phenolic OH excluding ortho intramolecular Hbond substituents is 2. The van der Waals surface area contributed by atoms with Gasteiger partial charge >= 0.3 is 0 Å². The van der Waals surface area contributed by atoms with Crippen molar-refractivity contribution in [3.63, 3.8) is 0 Å². The maximum atomic E-state index is 10.7. The van der Waals surface area contributed by atoms with Crippen LogP contribution in [-0.4, -0.2) is 43.7 Å². The lowest BCUT2D eigenvalue weighted by Crippen LogP contribution is -2.33. The summed E-state index contributed by atoms with van der Waals surface area (Å²) in [6.45, 7) is 0. The Morgan fingerprint density at radius 2 is 1.64 bits per heavy atom. The Balaban J connectivity index is 2.19. The predicted octanol–water partition coefficient (Wildman–Crippen LogP) is -1.12. The molecule has 25 heavy (non-hydrogen) atoms. The molecule has 2 aromatic carbocycles. The van der Waals surface area contributed by atoms with E-state index < -0.39 is 0 Å². The Morgan fingerprint density at radius 3 is 2.40 bits per heavy atom. The molecule has 4 rings (SSSR count).